The summed E-state index contributed by atoms with van der Waals surface area (Å²) in [6.45, 7) is 9.57. The molecule has 2 aliphatic rings. The normalized spacial score (nSPS) is 23.7. The third-order valence-electron chi connectivity index (χ3n) is 5.63. The van der Waals surface area contributed by atoms with Crippen molar-refractivity contribution in [3.05, 3.63) is 42.5 Å². The molecule has 5 nitrogen and oxygen atoms in total. The monoisotopic (exact) mass is 344 g/mol. The molecule has 3 rings (SSSR count). The Labute approximate surface area is 150 Å². The van der Waals surface area contributed by atoms with E-state index in [0.29, 0.717) is 6.54 Å². The second-order valence-electron chi connectivity index (χ2n) is 6.99. The number of ether oxygens (including phenoxy) is 2. The fourth-order valence-corrected chi connectivity index (χ4v) is 3.95. The number of hydrogen-bond donors (Lipinski definition) is 0. The number of methoxy groups -OCH3 is 1. The van der Waals surface area contributed by atoms with Crippen molar-refractivity contribution in [2.24, 2.45) is 0 Å². The van der Waals surface area contributed by atoms with E-state index in [0.717, 1.165) is 38.2 Å². The van der Waals surface area contributed by atoms with Crippen molar-refractivity contribution < 1.29 is 14.3 Å². The molecule has 2 saturated heterocycles. The topological polar surface area (TPSA) is 42.0 Å². The Morgan fingerprint density at radius 3 is 2.60 bits per heavy atom. The van der Waals surface area contributed by atoms with Crippen LogP contribution < -0.4 is 4.74 Å². The summed E-state index contributed by atoms with van der Waals surface area (Å²) in [4.78, 5) is 16.5. The van der Waals surface area contributed by atoms with Crippen molar-refractivity contribution in [1.82, 2.24) is 9.80 Å². The first-order chi connectivity index (χ1) is 12.1. The summed E-state index contributed by atoms with van der Waals surface area (Å²) >= 11 is 0. The number of morpholine rings is 1. The van der Waals surface area contributed by atoms with Crippen LogP contribution in [0.4, 0.5) is 0 Å². The maximum Gasteiger partial charge on any atom is 0.249 e. The average molecular weight is 344 g/mol. The summed E-state index contributed by atoms with van der Waals surface area (Å²) in [5.41, 5.74) is 1.07. The van der Waals surface area contributed by atoms with Gasteiger partial charge in [0.25, 0.3) is 0 Å². The Morgan fingerprint density at radius 1 is 1.32 bits per heavy atom. The minimum absolute atomic E-state index is 0.0682. The SMILES string of the molecule is C=CCN1C(=O)COC2(CCN(Cc3ccc(OC)cc3)CC2)C1C. The third-order valence-corrected chi connectivity index (χ3v) is 5.63. The number of nitrogens with zero attached hydrogens (tertiary/aromatic N) is 2. The number of carbonyl (C=O) groups excluding carboxylic acids is 1. The maximum absolute atomic E-state index is 12.1. The summed E-state index contributed by atoms with van der Waals surface area (Å²) in [6.07, 6.45) is 3.70. The summed E-state index contributed by atoms with van der Waals surface area (Å²) in [5.74, 6) is 0.955. The Bertz CT molecular complexity index is 606. The molecule has 0 radical (unpaired) electrons. The number of piperidine rings is 1. The Morgan fingerprint density at radius 2 is 2.00 bits per heavy atom. The van der Waals surface area contributed by atoms with Gasteiger partial charge in [-0.2, -0.15) is 0 Å². The molecule has 2 fully saturated rings. The fraction of sp³-hybridized carbons (Fsp3) is 0.550. The zero-order valence-electron chi connectivity index (χ0n) is 15.2. The minimum atomic E-state index is -0.215. The van der Waals surface area contributed by atoms with Crippen LogP contribution in [0.1, 0.15) is 25.3 Å². The first-order valence-corrected chi connectivity index (χ1v) is 8.97. The molecular formula is C20H28N2O3. The van der Waals surface area contributed by atoms with Crippen LogP contribution in [0, 0.1) is 0 Å². The van der Waals surface area contributed by atoms with Crippen molar-refractivity contribution in [3.8, 4) is 5.75 Å². The van der Waals surface area contributed by atoms with Crippen molar-refractivity contribution in [2.75, 3.05) is 33.4 Å². The van der Waals surface area contributed by atoms with Gasteiger partial charge in [0.15, 0.2) is 0 Å². The van der Waals surface area contributed by atoms with E-state index in [9.17, 15) is 4.79 Å². The largest absolute Gasteiger partial charge is 0.497 e. The zero-order chi connectivity index (χ0) is 17.9. The van der Waals surface area contributed by atoms with Crippen LogP contribution >= 0.6 is 0 Å². The van der Waals surface area contributed by atoms with Gasteiger partial charge in [-0.3, -0.25) is 9.69 Å². The molecule has 0 saturated carbocycles. The number of benzene rings is 1. The molecule has 2 heterocycles. The second-order valence-corrected chi connectivity index (χ2v) is 6.99. The van der Waals surface area contributed by atoms with Gasteiger partial charge >= 0.3 is 0 Å². The van der Waals surface area contributed by atoms with E-state index in [1.165, 1.54) is 5.56 Å². The van der Waals surface area contributed by atoms with Gasteiger partial charge in [-0.25, -0.2) is 0 Å². The van der Waals surface area contributed by atoms with Crippen LogP contribution in [0.15, 0.2) is 36.9 Å². The van der Waals surface area contributed by atoms with Crippen LogP contribution in [0.2, 0.25) is 0 Å². The van der Waals surface area contributed by atoms with Crippen LogP contribution in [-0.4, -0.2) is 60.7 Å². The lowest BCUT2D eigenvalue weighted by atomic mass is 9.82. The molecule has 1 unspecified atom stereocenters. The zero-order valence-corrected chi connectivity index (χ0v) is 15.2. The van der Waals surface area contributed by atoms with Gasteiger partial charge in [0, 0.05) is 26.2 Å². The highest BCUT2D eigenvalue weighted by Crippen LogP contribution is 2.36. The van der Waals surface area contributed by atoms with E-state index in [4.69, 9.17) is 9.47 Å². The lowest BCUT2D eigenvalue weighted by molar-refractivity contribution is -0.185. The first-order valence-electron chi connectivity index (χ1n) is 8.97. The fourth-order valence-electron chi connectivity index (χ4n) is 3.95. The van der Waals surface area contributed by atoms with Crippen LogP contribution in [0.25, 0.3) is 0 Å². The van der Waals surface area contributed by atoms with Crippen molar-refractivity contribution >= 4 is 5.91 Å². The number of carbonyl (C=O) groups is 1. The smallest absolute Gasteiger partial charge is 0.249 e. The lowest BCUT2D eigenvalue weighted by Gasteiger charge is -2.51. The second kappa shape index (κ2) is 7.58. The molecule has 1 atom stereocenters. The molecular weight excluding hydrogens is 316 g/mol. The highest BCUT2D eigenvalue weighted by Gasteiger charge is 2.47. The van der Waals surface area contributed by atoms with Gasteiger partial charge in [0.1, 0.15) is 12.4 Å². The number of likely N-dealkylation sites (tertiary alicyclic amines) is 1. The summed E-state index contributed by atoms with van der Waals surface area (Å²) in [6, 6.07) is 8.34. The number of rotatable bonds is 5. The number of amides is 1. The van der Waals surface area contributed by atoms with E-state index >= 15 is 0 Å². The van der Waals surface area contributed by atoms with Crippen molar-refractivity contribution in [2.45, 2.75) is 38.0 Å². The highest BCUT2D eigenvalue weighted by molar-refractivity contribution is 5.79. The highest BCUT2D eigenvalue weighted by atomic mass is 16.5. The van der Waals surface area contributed by atoms with Crippen LogP contribution in [-0.2, 0) is 16.1 Å². The van der Waals surface area contributed by atoms with Crippen LogP contribution in [0.5, 0.6) is 5.75 Å². The molecule has 0 N–H and O–H groups in total. The molecule has 5 heteroatoms. The predicted octanol–water partition coefficient (Wildman–Crippen LogP) is 2.46. The van der Waals surface area contributed by atoms with E-state index in [2.05, 4.69) is 30.5 Å². The molecule has 0 aromatic heterocycles. The Balaban J connectivity index is 1.60. The molecule has 0 aliphatic carbocycles. The molecule has 0 bridgehead atoms. The summed E-state index contributed by atoms with van der Waals surface area (Å²) in [5, 5.41) is 0. The molecule has 136 valence electrons. The van der Waals surface area contributed by atoms with E-state index in [-0.39, 0.29) is 24.2 Å². The Kier molecular flexibility index (Phi) is 5.45. The maximum atomic E-state index is 12.1. The molecule has 1 aromatic carbocycles. The minimum Gasteiger partial charge on any atom is -0.497 e. The van der Waals surface area contributed by atoms with Gasteiger partial charge in [-0.1, -0.05) is 18.2 Å². The quantitative estimate of drug-likeness (QED) is 0.770. The summed E-state index contributed by atoms with van der Waals surface area (Å²) in [7, 11) is 1.69. The van der Waals surface area contributed by atoms with Crippen LogP contribution in [0.3, 0.4) is 0 Å². The first kappa shape index (κ1) is 18.0. The molecule has 25 heavy (non-hydrogen) atoms. The van der Waals surface area contributed by atoms with Gasteiger partial charge in [-0.15, -0.1) is 6.58 Å². The molecule has 1 spiro atoms. The Hall–Kier alpha value is -1.85. The van der Waals surface area contributed by atoms with E-state index in [1.807, 2.05) is 17.0 Å². The van der Waals surface area contributed by atoms with Gasteiger partial charge < -0.3 is 14.4 Å². The van der Waals surface area contributed by atoms with Crippen molar-refractivity contribution in [1.29, 1.82) is 0 Å². The van der Waals surface area contributed by atoms with E-state index in [1.54, 1.807) is 13.2 Å². The third kappa shape index (κ3) is 3.72. The van der Waals surface area contributed by atoms with Gasteiger partial charge in [0.05, 0.1) is 18.8 Å². The average Bonchev–Trinajstić information content (AvgIpc) is 2.64. The standard InChI is InChI=1S/C20H28N2O3/c1-4-11-22-16(2)20(25-15-19(22)23)9-12-21(13-10-20)14-17-5-7-18(24-3)8-6-17/h4-8,16H,1,9-15H2,2-3H3. The summed E-state index contributed by atoms with van der Waals surface area (Å²) < 4.78 is 11.3. The number of hydrogen-bond acceptors (Lipinski definition) is 4. The van der Waals surface area contributed by atoms with Gasteiger partial charge in [-0.05, 0) is 37.5 Å². The molecule has 1 aromatic rings. The molecule has 1 amide bonds. The van der Waals surface area contributed by atoms with Gasteiger partial charge in [0.2, 0.25) is 5.91 Å². The predicted molar refractivity (Wildman–Crippen MR) is 97.6 cm³/mol. The van der Waals surface area contributed by atoms with Crippen molar-refractivity contribution in [3.63, 3.8) is 0 Å². The molecule has 2 aliphatic heterocycles. The van der Waals surface area contributed by atoms with E-state index < -0.39 is 0 Å². The lowest BCUT2D eigenvalue weighted by Crippen LogP contribution is -2.63.